The molecule has 1 aromatic rings. The zero-order chi connectivity index (χ0) is 13.8. The molecule has 5 heteroatoms. The monoisotopic (exact) mass is 280 g/mol. The van der Waals surface area contributed by atoms with Crippen molar-refractivity contribution >= 4 is 29.0 Å². The summed E-state index contributed by atoms with van der Waals surface area (Å²) in [5.41, 5.74) is 0.732. The van der Waals surface area contributed by atoms with Crippen LogP contribution in [-0.4, -0.2) is 36.2 Å². The van der Waals surface area contributed by atoms with Crippen LogP contribution in [0.5, 0.6) is 0 Å². The molecular formula is C14H17ClN2O2. The number of carbonyl (C=O) groups excluding carboxylic acids is 2. The van der Waals surface area contributed by atoms with Crippen LogP contribution < -0.4 is 5.32 Å². The Kier molecular flexibility index (Phi) is 4.56. The third-order valence-electron chi connectivity index (χ3n) is 3.25. The first kappa shape index (κ1) is 14.0. The third kappa shape index (κ3) is 4.04. The number of ketones is 1. The topological polar surface area (TPSA) is 49.4 Å². The number of likely N-dealkylation sites (tertiary alicyclic amines) is 1. The Balaban J connectivity index is 1.84. The minimum absolute atomic E-state index is 0.0251. The van der Waals surface area contributed by atoms with Crippen molar-refractivity contribution in [1.29, 1.82) is 0 Å². The summed E-state index contributed by atoms with van der Waals surface area (Å²) < 4.78 is 0. The number of hydrogen-bond acceptors (Lipinski definition) is 3. The Morgan fingerprint density at radius 3 is 2.74 bits per heavy atom. The lowest BCUT2D eigenvalue weighted by Gasteiger charge is -2.29. The molecule has 0 saturated carbocycles. The Morgan fingerprint density at radius 2 is 2.11 bits per heavy atom. The maximum absolute atomic E-state index is 11.9. The van der Waals surface area contributed by atoms with Crippen molar-refractivity contribution in [2.75, 3.05) is 25.0 Å². The molecule has 1 fully saturated rings. The van der Waals surface area contributed by atoms with Crippen LogP contribution in [0.1, 0.15) is 13.3 Å². The molecule has 2 rings (SSSR count). The highest BCUT2D eigenvalue weighted by Gasteiger charge is 2.24. The van der Waals surface area contributed by atoms with Crippen LogP contribution in [0.15, 0.2) is 24.3 Å². The van der Waals surface area contributed by atoms with E-state index in [2.05, 4.69) is 5.32 Å². The highest BCUT2D eigenvalue weighted by Crippen LogP contribution is 2.14. The van der Waals surface area contributed by atoms with Gasteiger partial charge in [0.25, 0.3) is 0 Å². The Labute approximate surface area is 117 Å². The molecule has 1 aromatic carbocycles. The summed E-state index contributed by atoms with van der Waals surface area (Å²) in [4.78, 5) is 25.3. The van der Waals surface area contributed by atoms with Crippen molar-refractivity contribution in [3.8, 4) is 0 Å². The molecular weight excluding hydrogens is 264 g/mol. The van der Waals surface area contributed by atoms with Crippen LogP contribution in [0.4, 0.5) is 5.69 Å². The highest BCUT2D eigenvalue weighted by atomic mass is 35.5. The van der Waals surface area contributed by atoms with Crippen LogP contribution in [0.25, 0.3) is 0 Å². The standard InChI is InChI=1S/C14H17ClN2O2/c1-10-8-17(7-6-13(10)18)9-14(19)16-12-4-2-11(15)3-5-12/h2-5,10H,6-9H2,1H3,(H,16,19). The molecule has 0 radical (unpaired) electrons. The number of rotatable bonds is 3. The van der Waals surface area contributed by atoms with Crippen LogP contribution in [0, 0.1) is 5.92 Å². The number of piperidine rings is 1. The first-order chi connectivity index (χ1) is 9.04. The average Bonchev–Trinajstić information content (AvgIpc) is 2.37. The van der Waals surface area contributed by atoms with E-state index < -0.39 is 0 Å². The Bertz CT molecular complexity index is 473. The van der Waals surface area contributed by atoms with Gasteiger partial charge in [-0.3, -0.25) is 14.5 Å². The van der Waals surface area contributed by atoms with Crippen LogP contribution >= 0.6 is 11.6 Å². The minimum atomic E-state index is -0.0659. The molecule has 1 unspecified atom stereocenters. The minimum Gasteiger partial charge on any atom is -0.325 e. The van der Waals surface area contributed by atoms with E-state index in [1.54, 1.807) is 24.3 Å². The van der Waals surface area contributed by atoms with Gasteiger partial charge in [-0.25, -0.2) is 0 Å². The third-order valence-corrected chi connectivity index (χ3v) is 3.50. The normalized spacial score (nSPS) is 20.3. The molecule has 1 saturated heterocycles. The molecule has 4 nitrogen and oxygen atoms in total. The van der Waals surface area contributed by atoms with Crippen molar-refractivity contribution in [1.82, 2.24) is 4.90 Å². The molecule has 1 N–H and O–H groups in total. The number of benzene rings is 1. The predicted octanol–water partition coefficient (Wildman–Crippen LogP) is 2.19. The van der Waals surface area contributed by atoms with Crippen molar-refractivity contribution in [2.45, 2.75) is 13.3 Å². The molecule has 1 heterocycles. The van der Waals surface area contributed by atoms with Crippen LogP contribution in [0.3, 0.4) is 0 Å². The lowest BCUT2D eigenvalue weighted by molar-refractivity contribution is -0.127. The summed E-state index contributed by atoms with van der Waals surface area (Å²) in [5.74, 6) is 0.246. The van der Waals surface area contributed by atoms with Gasteiger partial charge in [0.05, 0.1) is 6.54 Å². The maximum atomic E-state index is 11.9. The summed E-state index contributed by atoms with van der Waals surface area (Å²) in [6.45, 7) is 3.55. The molecule has 0 aliphatic carbocycles. The number of hydrogen-bond donors (Lipinski definition) is 1. The maximum Gasteiger partial charge on any atom is 0.238 e. The fraction of sp³-hybridized carbons (Fsp3) is 0.429. The van der Waals surface area contributed by atoms with Crippen molar-refractivity contribution in [3.05, 3.63) is 29.3 Å². The predicted molar refractivity (Wildman–Crippen MR) is 75.3 cm³/mol. The van der Waals surface area contributed by atoms with E-state index in [-0.39, 0.29) is 17.6 Å². The quantitative estimate of drug-likeness (QED) is 0.923. The first-order valence-electron chi connectivity index (χ1n) is 6.35. The fourth-order valence-corrected chi connectivity index (χ4v) is 2.30. The van der Waals surface area contributed by atoms with Gasteiger partial charge < -0.3 is 5.32 Å². The second-order valence-electron chi connectivity index (χ2n) is 4.91. The summed E-state index contributed by atoms with van der Waals surface area (Å²) in [6, 6.07) is 7.00. The molecule has 1 atom stereocenters. The SMILES string of the molecule is CC1CN(CC(=O)Nc2ccc(Cl)cc2)CCC1=O. The van der Waals surface area contributed by atoms with Crippen molar-refractivity contribution < 1.29 is 9.59 Å². The summed E-state index contributed by atoms with van der Waals surface area (Å²) in [5, 5.41) is 3.46. The molecule has 102 valence electrons. The second-order valence-corrected chi connectivity index (χ2v) is 5.34. The van der Waals surface area contributed by atoms with Crippen molar-refractivity contribution in [2.24, 2.45) is 5.92 Å². The van der Waals surface area contributed by atoms with Gasteiger partial charge in [0.15, 0.2) is 0 Å². The van der Waals surface area contributed by atoms with E-state index in [4.69, 9.17) is 11.6 Å². The smallest absolute Gasteiger partial charge is 0.238 e. The number of anilines is 1. The number of carbonyl (C=O) groups is 2. The highest BCUT2D eigenvalue weighted by molar-refractivity contribution is 6.30. The van der Waals surface area contributed by atoms with E-state index >= 15 is 0 Å². The summed E-state index contributed by atoms with van der Waals surface area (Å²) in [6.07, 6.45) is 0.537. The van der Waals surface area contributed by atoms with Crippen LogP contribution in [0.2, 0.25) is 5.02 Å². The molecule has 1 aliphatic heterocycles. The van der Waals surface area contributed by atoms with E-state index in [0.29, 0.717) is 31.1 Å². The molecule has 0 bridgehead atoms. The Hall–Kier alpha value is -1.39. The molecule has 19 heavy (non-hydrogen) atoms. The molecule has 1 aliphatic rings. The molecule has 0 aromatic heterocycles. The fourth-order valence-electron chi connectivity index (χ4n) is 2.18. The molecule has 0 spiro atoms. The number of nitrogens with one attached hydrogen (secondary N) is 1. The zero-order valence-corrected chi connectivity index (χ0v) is 11.6. The van der Waals surface area contributed by atoms with E-state index in [1.165, 1.54) is 0 Å². The average molecular weight is 281 g/mol. The van der Waals surface area contributed by atoms with Crippen molar-refractivity contribution in [3.63, 3.8) is 0 Å². The zero-order valence-electron chi connectivity index (χ0n) is 10.9. The van der Waals surface area contributed by atoms with Gasteiger partial charge in [-0.1, -0.05) is 18.5 Å². The lowest BCUT2D eigenvalue weighted by atomic mass is 9.99. The number of Topliss-reactive ketones (excluding diaryl/α,β-unsaturated/α-hetero) is 1. The van der Waals surface area contributed by atoms with E-state index in [0.717, 1.165) is 5.69 Å². The number of nitrogens with zero attached hydrogens (tertiary/aromatic N) is 1. The summed E-state index contributed by atoms with van der Waals surface area (Å²) in [7, 11) is 0. The number of amides is 1. The van der Waals surface area contributed by atoms with Gasteiger partial charge in [-0.15, -0.1) is 0 Å². The first-order valence-corrected chi connectivity index (χ1v) is 6.73. The van der Waals surface area contributed by atoms with Crippen LogP contribution in [-0.2, 0) is 9.59 Å². The summed E-state index contributed by atoms with van der Waals surface area (Å²) >= 11 is 5.78. The Morgan fingerprint density at radius 1 is 1.42 bits per heavy atom. The largest absolute Gasteiger partial charge is 0.325 e. The van der Waals surface area contributed by atoms with Gasteiger partial charge in [0.1, 0.15) is 5.78 Å². The second kappa shape index (κ2) is 6.17. The van der Waals surface area contributed by atoms with Gasteiger partial charge in [-0.2, -0.15) is 0 Å². The molecule has 1 amide bonds. The van der Waals surface area contributed by atoms with Gasteiger partial charge in [-0.05, 0) is 24.3 Å². The van der Waals surface area contributed by atoms with Gasteiger partial charge in [0.2, 0.25) is 5.91 Å². The number of halogens is 1. The van der Waals surface area contributed by atoms with Gasteiger partial charge >= 0.3 is 0 Å². The lowest BCUT2D eigenvalue weighted by Crippen LogP contribution is -2.43. The van der Waals surface area contributed by atoms with E-state index in [9.17, 15) is 9.59 Å². The van der Waals surface area contributed by atoms with Gasteiger partial charge in [0, 0.05) is 36.1 Å². The van der Waals surface area contributed by atoms with E-state index in [1.807, 2.05) is 11.8 Å².